The molecular weight excluding hydrogens is 110 g/mol. The average molecular weight is 123 g/mol. The molecule has 1 nitrogen and oxygen atoms in total. The molecule has 1 heteroatoms. The van der Waals surface area contributed by atoms with Crippen molar-refractivity contribution in [3.8, 4) is 0 Å². The first kappa shape index (κ1) is 6.53. The normalized spacial score (nSPS) is 17.0. The molecule has 1 aliphatic heterocycles. The number of nitrogens with zero attached hydrogens (tertiary/aromatic N) is 1. The Hall–Kier alpha value is -0.590. The zero-order valence-electron chi connectivity index (χ0n) is 6.09. The monoisotopic (exact) mass is 123 g/mol. The van der Waals surface area contributed by atoms with Crippen LogP contribution >= 0.6 is 0 Å². The third-order valence-corrected chi connectivity index (χ3v) is 1.39. The molecule has 0 radical (unpaired) electrons. The molecule has 0 N–H and O–H groups in total. The SMILES string of the molecule is CC(C)CC1=CN=CC1. The Morgan fingerprint density at radius 2 is 2.44 bits per heavy atom. The Bertz CT molecular complexity index is 143. The first-order valence-corrected chi connectivity index (χ1v) is 3.48. The summed E-state index contributed by atoms with van der Waals surface area (Å²) in [7, 11) is 0. The minimum absolute atomic E-state index is 0.776. The lowest BCUT2D eigenvalue weighted by molar-refractivity contribution is 0.639. The van der Waals surface area contributed by atoms with E-state index < -0.39 is 0 Å². The molecule has 0 unspecified atom stereocenters. The van der Waals surface area contributed by atoms with Gasteiger partial charge in [-0.2, -0.15) is 0 Å². The fourth-order valence-corrected chi connectivity index (χ4v) is 1.04. The molecule has 1 heterocycles. The first-order valence-electron chi connectivity index (χ1n) is 3.48. The Morgan fingerprint density at radius 1 is 1.67 bits per heavy atom. The molecule has 50 valence electrons. The third-order valence-electron chi connectivity index (χ3n) is 1.39. The van der Waals surface area contributed by atoms with E-state index in [-0.39, 0.29) is 0 Å². The van der Waals surface area contributed by atoms with E-state index in [0.717, 1.165) is 12.3 Å². The summed E-state index contributed by atoms with van der Waals surface area (Å²) < 4.78 is 0. The van der Waals surface area contributed by atoms with Crippen molar-refractivity contribution in [1.29, 1.82) is 0 Å². The van der Waals surface area contributed by atoms with E-state index in [9.17, 15) is 0 Å². The second-order valence-electron chi connectivity index (χ2n) is 2.92. The summed E-state index contributed by atoms with van der Waals surface area (Å²) >= 11 is 0. The maximum atomic E-state index is 4.03. The van der Waals surface area contributed by atoms with Crippen LogP contribution in [0.15, 0.2) is 16.8 Å². The number of hydrogen-bond donors (Lipinski definition) is 0. The minimum Gasteiger partial charge on any atom is -0.269 e. The summed E-state index contributed by atoms with van der Waals surface area (Å²) in [5.41, 5.74) is 1.48. The molecule has 9 heavy (non-hydrogen) atoms. The van der Waals surface area contributed by atoms with Gasteiger partial charge in [-0.25, -0.2) is 0 Å². The van der Waals surface area contributed by atoms with Crippen LogP contribution in [0.25, 0.3) is 0 Å². The van der Waals surface area contributed by atoms with Crippen molar-refractivity contribution < 1.29 is 0 Å². The van der Waals surface area contributed by atoms with Crippen LogP contribution in [0.1, 0.15) is 26.7 Å². The molecule has 0 bridgehead atoms. The van der Waals surface area contributed by atoms with Crippen molar-refractivity contribution in [1.82, 2.24) is 0 Å². The van der Waals surface area contributed by atoms with Crippen LogP contribution in [0.5, 0.6) is 0 Å². The smallest absolute Gasteiger partial charge is 0.0259 e. The topological polar surface area (TPSA) is 12.4 Å². The molecule has 0 saturated carbocycles. The summed E-state index contributed by atoms with van der Waals surface area (Å²) in [6, 6.07) is 0. The van der Waals surface area contributed by atoms with Gasteiger partial charge in [0.1, 0.15) is 0 Å². The standard InChI is InChI=1S/C8H13N/c1-7(2)5-8-3-4-9-6-8/h4,6-7H,3,5H2,1-2H3. The summed E-state index contributed by atoms with van der Waals surface area (Å²) in [5, 5.41) is 0. The van der Waals surface area contributed by atoms with E-state index in [1.54, 1.807) is 0 Å². The van der Waals surface area contributed by atoms with Crippen LogP contribution < -0.4 is 0 Å². The van der Waals surface area contributed by atoms with E-state index in [4.69, 9.17) is 0 Å². The number of rotatable bonds is 2. The van der Waals surface area contributed by atoms with Crippen LogP contribution in [-0.4, -0.2) is 6.21 Å². The fourth-order valence-electron chi connectivity index (χ4n) is 1.04. The highest BCUT2D eigenvalue weighted by Crippen LogP contribution is 2.16. The van der Waals surface area contributed by atoms with Gasteiger partial charge >= 0.3 is 0 Å². The maximum Gasteiger partial charge on any atom is 0.0259 e. The van der Waals surface area contributed by atoms with Crippen molar-refractivity contribution in [3.63, 3.8) is 0 Å². The van der Waals surface area contributed by atoms with Crippen LogP contribution in [0.3, 0.4) is 0 Å². The van der Waals surface area contributed by atoms with Crippen molar-refractivity contribution in [2.45, 2.75) is 26.7 Å². The van der Waals surface area contributed by atoms with E-state index in [2.05, 4.69) is 18.8 Å². The Labute approximate surface area is 56.5 Å². The largest absolute Gasteiger partial charge is 0.269 e. The molecular formula is C8H13N. The molecule has 1 aliphatic rings. The molecule has 0 saturated heterocycles. The predicted octanol–water partition coefficient (Wildman–Crippen LogP) is 2.39. The first-order chi connectivity index (χ1) is 4.29. The molecule has 0 aromatic heterocycles. The molecule has 0 fully saturated rings. The summed E-state index contributed by atoms with van der Waals surface area (Å²) in [5.74, 6) is 0.776. The van der Waals surface area contributed by atoms with Crippen LogP contribution in [0.4, 0.5) is 0 Å². The van der Waals surface area contributed by atoms with Gasteiger partial charge in [0.2, 0.25) is 0 Å². The third kappa shape index (κ3) is 2.00. The maximum absolute atomic E-state index is 4.03. The lowest BCUT2D eigenvalue weighted by atomic mass is 10.0. The van der Waals surface area contributed by atoms with Gasteiger partial charge in [0, 0.05) is 18.8 Å². The van der Waals surface area contributed by atoms with Crippen LogP contribution in [0, 0.1) is 5.92 Å². The molecule has 0 atom stereocenters. The van der Waals surface area contributed by atoms with Crippen molar-refractivity contribution in [2.75, 3.05) is 0 Å². The van der Waals surface area contributed by atoms with Crippen molar-refractivity contribution >= 4 is 6.21 Å². The summed E-state index contributed by atoms with van der Waals surface area (Å²) in [6.45, 7) is 4.47. The number of allylic oxidation sites excluding steroid dienone is 1. The highest BCUT2D eigenvalue weighted by molar-refractivity contribution is 5.65. The van der Waals surface area contributed by atoms with Crippen LogP contribution in [0.2, 0.25) is 0 Å². The molecule has 0 amide bonds. The lowest BCUT2D eigenvalue weighted by Crippen LogP contribution is -1.89. The second-order valence-corrected chi connectivity index (χ2v) is 2.92. The van der Waals surface area contributed by atoms with Crippen LogP contribution in [-0.2, 0) is 0 Å². The Balaban J connectivity index is 2.30. The van der Waals surface area contributed by atoms with Gasteiger partial charge in [-0.1, -0.05) is 13.8 Å². The highest BCUT2D eigenvalue weighted by Gasteiger charge is 2.01. The highest BCUT2D eigenvalue weighted by atomic mass is 14.7. The quantitative estimate of drug-likeness (QED) is 0.534. The minimum atomic E-state index is 0.776. The van der Waals surface area contributed by atoms with Gasteiger partial charge < -0.3 is 0 Å². The van der Waals surface area contributed by atoms with Gasteiger partial charge in [-0.05, 0) is 17.9 Å². The zero-order chi connectivity index (χ0) is 6.69. The van der Waals surface area contributed by atoms with Gasteiger partial charge in [-0.15, -0.1) is 0 Å². The predicted molar refractivity (Wildman–Crippen MR) is 40.6 cm³/mol. The van der Waals surface area contributed by atoms with E-state index in [1.165, 1.54) is 12.0 Å². The second kappa shape index (κ2) is 2.81. The van der Waals surface area contributed by atoms with E-state index >= 15 is 0 Å². The summed E-state index contributed by atoms with van der Waals surface area (Å²) in [6.07, 6.45) is 6.25. The lowest BCUT2D eigenvalue weighted by Gasteiger charge is -2.02. The van der Waals surface area contributed by atoms with E-state index in [1.807, 2.05) is 12.4 Å². The van der Waals surface area contributed by atoms with E-state index in [0.29, 0.717) is 0 Å². The molecule has 0 aliphatic carbocycles. The molecule has 0 aromatic rings. The Kier molecular flexibility index (Phi) is 2.04. The van der Waals surface area contributed by atoms with Gasteiger partial charge in [0.05, 0.1) is 0 Å². The summed E-state index contributed by atoms with van der Waals surface area (Å²) in [4.78, 5) is 4.03. The molecule has 0 spiro atoms. The Morgan fingerprint density at radius 3 is 2.89 bits per heavy atom. The van der Waals surface area contributed by atoms with Crippen molar-refractivity contribution in [2.24, 2.45) is 10.9 Å². The zero-order valence-corrected chi connectivity index (χ0v) is 6.09. The fraction of sp³-hybridized carbons (Fsp3) is 0.625. The van der Waals surface area contributed by atoms with Crippen molar-refractivity contribution in [3.05, 3.63) is 11.8 Å². The van der Waals surface area contributed by atoms with Gasteiger partial charge in [0.25, 0.3) is 0 Å². The molecule has 0 aromatic carbocycles. The van der Waals surface area contributed by atoms with Gasteiger partial charge in [0.15, 0.2) is 0 Å². The average Bonchev–Trinajstić information content (AvgIpc) is 2.15. The number of aliphatic imine (C=N–C) groups is 1. The molecule has 1 rings (SSSR count). The van der Waals surface area contributed by atoms with Gasteiger partial charge in [-0.3, -0.25) is 4.99 Å². The number of hydrogen-bond acceptors (Lipinski definition) is 1.